The largest absolute Gasteiger partial charge is 0.462 e. The van der Waals surface area contributed by atoms with Crippen LogP contribution in [0.1, 0.15) is 47.5 Å². The third kappa shape index (κ3) is 2.38. The lowest BCUT2D eigenvalue weighted by atomic mass is 9.70. The molecule has 3 N–H and O–H groups in total. The van der Waals surface area contributed by atoms with Crippen molar-refractivity contribution in [3.05, 3.63) is 0 Å². The molecule has 2 aliphatic carbocycles. The highest BCUT2D eigenvalue weighted by molar-refractivity contribution is 5.76. The first-order valence-corrected chi connectivity index (χ1v) is 10.1. The summed E-state index contributed by atoms with van der Waals surface area (Å²) < 4.78 is 16.9. The Kier molecular flexibility index (Phi) is 4.23. The maximum Gasteiger partial charge on any atom is 0.309 e. The second-order valence-corrected chi connectivity index (χ2v) is 9.54. The van der Waals surface area contributed by atoms with Gasteiger partial charge in [0.2, 0.25) is 0 Å². The first-order chi connectivity index (χ1) is 12.9. The van der Waals surface area contributed by atoms with Gasteiger partial charge in [-0.3, -0.25) is 9.59 Å². The predicted octanol–water partition coefficient (Wildman–Crippen LogP) is 0.156. The number of carbonyl (C=O) groups excluding carboxylic acids is 2. The van der Waals surface area contributed by atoms with Crippen molar-refractivity contribution in [2.24, 2.45) is 23.7 Å². The van der Waals surface area contributed by atoms with Crippen LogP contribution in [-0.2, 0) is 23.8 Å². The van der Waals surface area contributed by atoms with E-state index in [2.05, 4.69) is 0 Å². The highest BCUT2D eigenvalue weighted by Gasteiger charge is 2.83. The molecular weight excluding hydrogens is 368 g/mol. The molecule has 158 valence electrons. The van der Waals surface area contributed by atoms with Crippen molar-refractivity contribution in [2.45, 2.75) is 88.7 Å². The molecule has 8 heteroatoms. The molecular formula is C20H30O8. The molecule has 0 aromatic carbocycles. The predicted molar refractivity (Wildman–Crippen MR) is 94.8 cm³/mol. The summed E-state index contributed by atoms with van der Waals surface area (Å²) in [7, 11) is 0. The fourth-order valence-corrected chi connectivity index (χ4v) is 5.74. The summed E-state index contributed by atoms with van der Waals surface area (Å²) in [5.41, 5.74) is -5.04. The number of hydrogen-bond acceptors (Lipinski definition) is 8. The summed E-state index contributed by atoms with van der Waals surface area (Å²) in [6.45, 7) is 8.33. The summed E-state index contributed by atoms with van der Waals surface area (Å²) in [6.07, 6.45) is -2.59. The van der Waals surface area contributed by atoms with E-state index in [-0.39, 0.29) is 12.3 Å². The maximum atomic E-state index is 12.5. The molecule has 4 fully saturated rings. The Morgan fingerprint density at radius 2 is 1.93 bits per heavy atom. The van der Waals surface area contributed by atoms with E-state index < -0.39 is 70.9 Å². The molecule has 0 aromatic heterocycles. The number of ether oxygens (including phenoxy) is 3. The minimum Gasteiger partial charge on any atom is -0.462 e. The molecule has 0 amide bonds. The minimum atomic E-state index is -1.83. The molecule has 0 unspecified atom stereocenters. The smallest absolute Gasteiger partial charge is 0.309 e. The van der Waals surface area contributed by atoms with Gasteiger partial charge in [-0.1, -0.05) is 20.8 Å². The van der Waals surface area contributed by atoms with Crippen LogP contribution in [0.15, 0.2) is 0 Å². The summed E-state index contributed by atoms with van der Waals surface area (Å²) in [5.74, 6) is -3.32. The van der Waals surface area contributed by atoms with Crippen molar-refractivity contribution in [3.8, 4) is 0 Å². The Labute approximate surface area is 164 Å². The van der Waals surface area contributed by atoms with E-state index in [0.29, 0.717) is 6.42 Å². The zero-order valence-corrected chi connectivity index (χ0v) is 16.9. The maximum absolute atomic E-state index is 12.5. The van der Waals surface area contributed by atoms with Gasteiger partial charge in [-0.15, -0.1) is 0 Å². The Hall–Kier alpha value is -1.22. The van der Waals surface area contributed by atoms with Gasteiger partial charge in [-0.25, -0.2) is 0 Å². The van der Waals surface area contributed by atoms with E-state index >= 15 is 0 Å². The van der Waals surface area contributed by atoms with Crippen molar-refractivity contribution < 1.29 is 39.1 Å². The van der Waals surface area contributed by atoms with Crippen molar-refractivity contribution in [3.63, 3.8) is 0 Å². The number of fused-ring (bicyclic) bond motifs is 5. The number of carbonyl (C=O) groups is 2. The third-order valence-corrected chi connectivity index (χ3v) is 7.69. The summed E-state index contributed by atoms with van der Waals surface area (Å²) in [4.78, 5) is 24.9. The average Bonchev–Trinajstić information content (AvgIpc) is 3.33. The van der Waals surface area contributed by atoms with E-state index in [1.807, 2.05) is 6.92 Å². The topological polar surface area (TPSA) is 126 Å². The van der Waals surface area contributed by atoms with Crippen LogP contribution in [0.25, 0.3) is 0 Å². The molecule has 11 atom stereocenters. The summed E-state index contributed by atoms with van der Waals surface area (Å²) in [5, 5.41) is 34.1. The zero-order chi connectivity index (χ0) is 20.8. The van der Waals surface area contributed by atoms with Gasteiger partial charge in [0.1, 0.15) is 35.6 Å². The van der Waals surface area contributed by atoms with E-state index in [9.17, 15) is 24.9 Å². The molecule has 0 spiro atoms. The first kappa shape index (κ1) is 20.1. The summed E-state index contributed by atoms with van der Waals surface area (Å²) in [6, 6.07) is 0. The fourth-order valence-electron chi connectivity index (χ4n) is 5.74. The van der Waals surface area contributed by atoms with Gasteiger partial charge in [0.05, 0.1) is 23.4 Å². The Balaban J connectivity index is 1.78. The average molecular weight is 398 g/mol. The van der Waals surface area contributed by atoms with E-state index in [0.717, 1.165) is 0 Å². The quantitative estimate of drug-likeness (QED) is 0.453. The van der Waals surface area contributed by atoms with Gasteiger partial charge < -0.3 is 29.5 Å². The molecule has 2 saturated carbocycles. The molecule has 0 bridgehead atoms. The SMILES string of the molecule is CC[C@@H](C)C(=O)O[C@H]1C[C@@](C)(O)[C@]2(O)[C@@H]3O[C@@H]3[C@@](C)(O)[C@@H]2[C@H]2OC(=O)[C@@H](C)[C@@H]21. The lowest BCUT2D eigenvalue weighted by Crippen LogP contribution is -2.64. The Morgan fingerprint density at radius 3 is 2.54 bits per heavy atom. The van der Waals surface area contributed by atoms with Gasteiger partial charge in [0.25, 0.3) is 0 Å². The second-order valence-electron chi connectivity index (χ2n) is 9.54. The van der Waals surface area contributed by atoms with Crippen molar-refractivity contribution in [1.29, 1.82) is 0 Å². The van der Waals surface area contributed by atoms with E-state index in [4.69, 9.17) is 14.2 Å². The molecule has 2 heterocycles. The Bertz CT molecular complexity index is 702. The van der Waals surface area contributed by atoms with Crippen LogP contribution in [0.3, 0.4) is 0 Å². The molecule has 8 nitrogen and oxygen atoms in total. The molecule has 0 aromatic rings. The number of esters is 2. The van der Waals surface area contributed by atoms with Crippen LogP contribution in [0.5, 0.6) is 0 Å². The van der Waals surface area contributed by atoms with Crippen LogP contribution >= 0.6 is 0 Å². The number of aliphatic hydroxyl groups is 3. The summed E-state index contributed by atoms with van der Waals surface area (Å²) >= 11 is 0. The lowest BCUT2D eigenvalue weighted by Gasteiger charge is -2.46. The van der Waals surface area contributed by atoms with Crippen LogP contribution < -0.4 is 0 Å². The lowest BCUT2D eigenvalue weighted by molar-refractivity contribution is -0.231. The van der Waals surface area contributed by atoms with Crippen molar-refractivity contribution in [1.82, 2.24) is 0 Å². The van der Waals surface area contributed by atoms with Gasteiger partial charge in [-0.2, -0.15) is 0 Å². The number of hydrogen-bond donors (Lipinski definition) is 3. The standard InChI is InChI=1S/C20H30O8/c1-6-8(2)16(21)26-10-7-18(4,23)20(25)13(19(5,24)14-15(20)28-14)12-11(10)9(3)17(22)27-12/h8-15,23-25H,6-7H2,1-5H3/t8-,9+,10+,11-,12+,13+,14+,15-,18-,19+,20-/m1/s1. The minimum absolute atomic E-state index is 0.0764. The highest BCUT2D eigenvalue weighted by atomic mass is 16.6. The Morgan fingerprint density at radius 1 is 1.29 bits per heavy atom. The van der Waals surface area contributed by atoms with Crippen molar-refractivity contribution >= 4 is 11.9 Å². The van der Waals surface area contributed by atoms with Gasteiger partial charge >= 0.3 is 11.9 Å². The van der Waals surface area contributed by atoms with Gasteiger partial charge in [0.15, 0.2) is 0 Å². The van der Waals surface area contributed by atoms with Crippen LogP contribution in [-0.4, -0.2) is 68.5 Å². The molecule has 4 aliphatic rings. The highest BCUT2D eigenvalue weighted by Crippen LogP contribution is 2.64. The molecule has 0 radical (unpaired) electrons. The molecule has 2 aliphatic heterocycles. The molecule has 2 saturated heterocycles. The van der Waals surface area contributed by atoms with Crippen molar-refractivity contribution in [2.75, 3.05) is 0 Å². The number of epoxide rings is 1. The van der Waals surface area contributed by atoms with Crippen LogP contribution in [0, 0.1) is 23.7 Å². The zero-order valence-electron chi connectivity index (χ0n) is 16.9. The van der Waals surface area contributed by atoms with Gasteiger partial charge in [0, 0.05) is 12.3 Å². The normalized spacial score (nSPS) is 55.4. The van der Waals surface area contributed by atoms with E-state index in [1.54, 1.807) is 13.8 Å². The first-order valence-electron chi connectivity index (χ1n) is 10.1. The monoisotopic (exact) mass is 398 g/mol. The molecule has 4 rings (SSSR count). The fraction of sp³-hybridized carbons (Fsp3) is 0.900. The number of rotatable bonds is 3. The third-order valence-electron chi connectivity index (χ3n) is 7.69. The second kappa shape index (κ2) is 5.90. The van der Waals surface area contributed by atoms with Gasteiger partial charge in [-0.05, 0) is 20.3 Å². The van der Waals surface area contributed by atoms with E-state index in [1.165, 1.54) is 13.8 Å². The van der Waals surface area contributed by atoms with Crippen LogP contribution in [0.2, 0.25) is 0 Å². The molecule has 28 heavy (non-hydrogen) atoms. The van der Waals surface area contributed by atoms with Crippen LogP contribution in [0.4, 0.5) is 0 Å².